The van der Waals surface area contributed by atoms with Crippen LogP contribution < -0.4 is 15.6 Å². The molecule has 0 atom stereocenters. The maximum atomic E-state index is 11.6. The highest BCUT2D eigenvalue weighted by molar-refractivity contribution is 6.31. The number of aromatic amines is 1. The van der Waals surface area contributed by atoms with Gasteiger partial charge in [-0.2, -0.15) is 0 Å². The highest BCUT2D eigenvalue weighted by Gasteiger charge is 2.22. The van der Waals surface area contributed by atoms with E-state index in [1.807, 2.05) is 38.1 Å². The van der Waals surface area contributed by atoms with Crippen molar-refractivity contribution in [1.82, 2.24) is 10.6 Å². The summed E-state index contributed by atoms with van der Waals surface area (Å²) in [4.78, 5) is 11.6. The lowest BCUT2D eigenvalue weighted by Gasteiger charge is -2.04. The highest BCUT2D eigenvalue weighted by Crippen LogP contribution is 2.14. The molecule has 0 bridgehead atoms. The lowest BCUT2D eigenvalue weighted by Crippen LogP contribution is -2.45. The molecule has 0 spiro atoms. The van der Waals surface area contributed by atoms with Gasteiger partial charge in [-0.25, -0.2) is 4.79 Å². The summed E-state index contributed by atoms with van der Waals surface area (Å²) in [6.45, 7) is 5.18. The molecule has 108 valence electrons. The molecular formula is C14H19ClN3O2+. The van der Waals surface area contributed by atoms with Gasteiger partial charge in [0, 0.05) is 5.02 Å². The molecule has 2 rings (SSSR count). The second-order valence-corrected chi connectivity index (χ2v) is 5.32. The molecule has 0 amide bonds. The van der Waals surface area contributed by atoms with Crippen molar-refractivity contribution in [3.63, 3.8) is 0 Å². The van der Waals surface area contributed by atoms with E-state index in [0.29, 0.717) is 12.2 Å². The van der Waals surface area contributed by atoms with Crippen molar-refractivity contribution in [1.29, 1.82) is 0 Å². The Hall–Kier alpha value is -1.59. The zero-order valence-electron chi connectivity index (χ0n) is 11.6. The van der Waals surface area contributed by atoms with Crippen LogP contribution in [0, 0.1) is 0 Å². The van der Waals surface area contributed by atoms with E-state index < -0.39 is 0 Å². The number of aromatic nitrogens is 2. The second kappa shape index (κ2) is 6.72. The van der Waals surface area contributed by atoms with E-state index in [4.69, 9.17) is 16.1 Å². The van der Waals surface area contributed by atoms with Crippen LogP contribution in [0.15, 0.2) is 33.6 Å². The van der Waals surface area contributed by atoms with Crippen molar-refractivity contribution >= 4 is 11.6 Å². The number of H-pyrrole nitrogens is 1. The van der Waals surface area contributed by atoms with Crippen LogP contribution in [0.1, 0.15) is 31.1 Å². The first-order valence-electron chi connectivity index (χ1n) is 6.65. The minimum absolute atomic E-state index is 0.154. The summed E-state index contributed by atoms with van der Waals surface area (Å²) in [5.74, 6) is 0. The minimum atomic E-state index is -0.330. The molecule has 5 nitrogen and oxygen atoms in total. The van der Waals surface area contributed by atoms with Gasteiger partial charge >= 0.3 is 11.3 Å². The standard InChI is InChI=1S/C14H18ClN3O2/c1-10(2)18-13(14(19)20-17-18)9-16-8-7-11-5-3-4-6-12(11)15/h3-6,10,16H,7-9H2,1-2H3/p+1. The summed E-state index contributed by atoms with van der Waals surface area (Å²) in [5, 5.41) is 6.62. The van der Waals surface area contributed by atoms with Crippen LogP contribution in [-0.4, -0.2) is 11.8 Å². The van der Waals surface area contributed by atoms with Crippen LogP contribution in [0.3, 0.4) is 0 Å². The Morgan fingerprint density at radius 2 is 2.15 bits per heavy atom. The van der Waals surface area contributed by atoms with Crippen LogP contribution in [0.2, 0.25) is 5.02 Å². The van der Waals surface area contributed by atoms with Crippen LogP contribution in [-0.2, 0) is 13.0 Å². The quantitative estimate of drug-likeness (QED) is 0.631. The largest absolute Gasteiger partial charge is 0.431 e. The third-order valence-electron chi connectivity index (χ3n) is 3.10. The number of hydrogen-bond acceptors (Lipinski definition) is 3. The number of rotatable bonds is 6. The van der Waals surface area contributed by atoms with Gasteiger partial charge in [0.2, 0.25) is 0 Å². The fraction of sp³-hybridized carbons (Fsp3) is 0.429. The molecule has 20 heavy (non-hydrogen) atoms. The molecule has 1 aromatic heterocycles. The zero-order chi connectivity index (χ0) is 14.5. The molecule has 0 aliphatic carbocycles. The SMILES string of the molecule is CC(C)[n+]1[nH]oc(=O)c1CNCCc1ccccc1Cl. The van der Waals surface area contributed by atoms with E-state index in [2.05, 4.69) is 10.6 Å². The summed E-state index contributed by atoms with van der Waals surface area (Å²) in [7, 11) is 0. The maximum absolute atomic E-state index is 11.6. The Kier molecular flexibility index (Phi) is 4.98. The molecule has 1 aromatic carbocycles. The Morgan fingerprint density at radius 3 is 2.85 bits per heavy atom. The third-order valence-corrected chi connectivity index (χ3v) is 3.47. The van der Waals surface area contributed by atoms with Gasteiger partial charge in [0.15, 0.2) is 6.04 Å². The number of benzene rings is 1. The molecule has 0 saturated carbocycles. The lowest BCUT2D eigenvalue weighted by atomic mass is 10.1. The monoisotopic (exact) mass is 296 g/mol. The number of nitrogens with one attached hydrogen (secondary N) is 2. The zero-order valence-corrected chi connectivity index (χ0v) is 12.4. The molecule has 0 unspecified atom stereocenters. The second-order valence-electron chi connectivity index (χ2n) is 4.91. The fourth-order valence-corrected chi connectivity index (χ4v) is 2.24. The summed E-state index contributed by atoms with van der Waals surface area (Å²) in [6.07, 6.45) is 0.817. The molecule has 0 aliphatic heterocycles. The first kappa shape index (κ1) is 14.8. The topological polar surface area (TPSA) is 61.9 Å². The van der Waals surface area contributed by atoms with Gasteiger partial charge in [-0.05, 0) is 43.7 Å². The van der Waals surface area contributed by atoms with Crippen LogP contribution in [0.5, 0.6) is 0 Å². The number of hydrogen-bond donors (Lipinski definition) is 2. The summed E-state index contributed by atoms with van der Waals surface area (Å²) < 4.78 is 6.54. The van der Waals surface area contributed by atoms with E-state index >= 15 is 0 Å². The average Bonchev–Trinajstić information content (AvgIpc) is 2.78. The molecule has 6 heteroatoms. The molecule has 0 aliphatic rings. The smallest absolute Gasteiger partial charge is 0.307 e. The van der Waals surface area contributed by atoms with Gasteiger partial charge in [0.05, 0.1) is 6.54 Å². The van der Waals surface area contributed by atoms with Gasteiger partial charge < -0.3 is 5.32 Å². The van der Waals surface area contributed by atoms with Crippen molar-refractivity contribution < 1.29 is 9.20 Å². The van der Waals surface area contributed by atoms with Gasteiger partial charge in [-0.3, -0.25) is 4.52 Å². The van der Waals surface area contributed by atoms with Crippen molar-refractivity contribution in [3.05, 3.63) is 51.0 Å². The molecule has 2 N–H and O–H groups in total. The Bertz CT molecular complexity index is 619. The average molecular weight is 297 g/mol. The van der Waals surface area contributed by atoms with Gasteiger partial charge in [0.25, 0.3) is 0 Å². The predicted octanol–water partition coefficient (Wildman–Crippen LogP) is 1.82. The van der Waals surface area contributed by atoms with Crippen molar-refractivity contribution in [2.24, 2.45) is 0 Å². The Labute approximate surface area is 122 Å². The number of halogens is 1. The van der Waals surface area contributed by atoms with E-state index in [1.165, 1.54) is 0 Å². The normalized spacial score (nSPS) is 11.2. The molecule has 1 heterocycles. The molecule has 0 saturated heterocycles. The highest BCUT2D eigenvalue weighted by atomic mass is 35.5. The summed E-state index contributed by atoms with van der Waals surface area (Å²) >= 11 is 6.09. The molecule has 2 aromatic rings. The van der Waals surface area contributed by atoms with Gasteiger partial charge in [-0.1, -0.05) is 34.5 Å². The first-order valence-corrected chi connectivity index (χ1v) is 7.03. The van der Waals surface area contributed by atoms with Crippen LogP contribution >= 0.6 is 11.6 Å². The number of nitrogens with zero attached hydrogens (tertiary/aromatic N) is 1. The fourth-order valence-electron chi connectivity index (χ4n) is 2.01. The van der Waals surface area contributed by atoms with E-state index in [-0.39, 0.29) is 11.7 Å². The first-order chi connectivity index (χ1) is 9.59. The minimum Gasteiger partial charge on any atom is -0.307 e. The Morgan fingerprint density at radius 1 is 1.40 bits per heavy atom. The molecule has 0 fully saturated rings. The van der Waals surface area contributed by atoms with E-state index in [9.17, 15) is 4.79 Å². The predicted molar refractivity (Wildman–Crippen MR) is 76.8 cm³/mol. The van der Waals surface area contributed by atoms with Crippen LogP contribution in [0.25, 0.3) is 0 Å². The van der Waals surface area contributed by atoms with Crippen molar-refractivity contribution in [3.8, 4) is 0 Å². The van der Waals surface area contributed by atoms with Gasteiger partial charge in [0.1, 0.15) is 0 Å². The lowest BCUT2D eigenvalue weighted by molar-refractivity contribution is -0.785. The van der Waals surface area contributed by atoms with E-state index in [0.717, 1.165) is 23.6 Å². The van der Waals surface area contributed by atoms with Crippen molar-refractivity contribution in [2.75, 3.05) is 6.54 Å². The Balaban J connectivity index is 1.89. The summed E-state index contributed by atoms with van der Waals surface area (Å²) in [5.41, 5.74) is 1.36. The van der Waals surface area contributed by atoms with Crippen molar-refractivity contribution in [2.45, 2.75) is 32.9 Å². The van der Waals surface area contributed by atoms with Crippen LogP contribution in [0.4, 0.5) is 0 Å². The molecule has 0 radical (unpaired) electrons. The maximum Gasteiger partial charge on any atom is 0.431 e. The summed E-state index contributed by atoms with van der Waals surface area (Å²) in [6, 6.07) is 7.92. The van der Waals surface area contributed by atoms with E-state index in [1.54, 1.807) is 4.68 Å². The third kappa shape index (κ3) is 3.49. The van der Waals surface area contributed by atoms with Gasteiger partial charge in [-0.15, -0.1) is 0 Å². The molecular weight excluding hydrogens is 278 g/mol.